The minimum atomic E-state index is -1.41. The molecule has 0 fully saturated rings. The first-order valence-electron chi connectivity index (χ1n) is 11.5. The van der Waals surface area contributed by atoms with Gasteiger partial charge in [-0.25, -0.2) is 4.79 Å². The Balaban J connectivity index is 1.94. The summed E-state index contributed by atoms with van der Waals surface area (Å²) in [5.41, 5.74) is -0.202. The number of thiol groups is 1. The molecule has 0 saturated heterocycles. The molecule has 3 N–H and O–H groups in total. The second-order valence-corrected chi connectivity index (χ2v) is 9.60. The molecule has 192 valence electrons. The van der Waals surface area contributed by atoms with Gasteiger partial charge in [-0.05, 0) is 49.7 Å². The molecule has 3 aromatic carbocycles. The Kier molecular flexibility index (Phi) is 8.69. The largest absolute Gasteiger partial charge is 0.508 e. The molecular formula is C28H29N3O5S. The number of rotatable bonds is 7. The summed E-state index contributed by atoms with van der Waals surface area (Å²) in [5, 5.41) is 17.7. The van der Waals surface area contributed by atoms with Crippen molar-refractivity contribution in [1.82, 2.24) is 10.2 Å². The van der Waals surface area contributed by atoms with Crippen molar-refractivity contribution in [2.75, 3.05) is 11.1 Å². The van der Waals surface area contributed by atoms with Gasteiger partial charge in [0.2, 0.25) is 0 Å². The number of anilines is 1. The lowest BCUT2D eigenvalue weighted by Gasteiger charge is -2.30. The van der Waals surface area contributed by atoms with E-state index in [1.54, 1.807) is 45.0 Å². The summed E-state index contributed by atoms with van der Waals surface area (Å²) in [6.07, 6.45) is 4.88. The van der Waals surface area contributed by atoms with E-state index in [0.717, 1.165) is 15.7 Å². The van der Waals surface area contributed by atoms with Gasteiger partial charge in [-0.1, -0.05) is 55.0 Å². The van der Waals surface area contributed by atoms with Crippen LogP contribution >= 0.6 is 12.6 Å². The van der Waals surface area contributed by atoms with Crippen LogP contribution in [0.1, 0.15) is 32.4 Å². The summed E-state index contributed by atoms with van der Waals surface area (Å²) in [5.74, 6) is -1.77. The van der Waals surface area contributed by atoms with Crippen LogP contribution in [0.15, 0.2) is 66.7 Å². The first-order chi connectivity index (χ1) is 17.5. The summed E-state index contributed by atoms with van der Waals surface area (Å²) in [4.78, 5) is 40.2. The summed E-state index contributed by atoms with van der Waals surface area (Å²) in [7, 11) is 0. The number of hydrogen-bond donors (Lipinski definition) is 4. The molecule has 0 aliphatic heterocycles. The first kappa shape index (κ1) is 27.4. The Morgan fingerprint density at radius 1 is 1.05 bits per heavy atom. The van der Waals surface area contributed by atoms with E-state index in [9.17, 15) is 19.5 Å². The van der Waals surface area contributed by atoms with Gasteiger partial charge in [-0.15, -0.1) is 0 Å². The third kappa shape index (κ3) is 6.96. The molecular weight excluding hydrogens is 490 g/mol. The van der Waals surface area contributed by atoms with E-state index in [2.05, 4.69) is 29.3 Å². The van der Waals surface area contributed by atoms with Gasteiger partial charge in [0.25, 0.3) is 11.8 Å². The Morgan fingerprint density at radius 3 is 2.32 bits per heavy atom. The van der Waals surface area contributed by atoms with Crippen molar-refractivity contribution in [1.29, 1.82) is 0 Å². The zero-order valence-corrected chi connectivity index (χ0v) is 21.7. The average molecular weight is 520 g/mol. The molecule has 3 amide bonds. The predicted molar refractivity (Wildman–Crippen MR) is 146 cm³/mol. The smallest absolute Gasteiger partial charge is 0.408 e. The molecule has 0 bridgehead atoms. The highest BCUT2D eigenvalue weighted by molar-refractivity contribution is 7.80. The second kappa shape index (κ2) is 11.7. The molecule has 3 aromatic rings. The van der Waals surface area contributed by atoms with Crippen molar-refractivity contribution >= 4 is 47.0 Å². The maximum absolute atomic E-state index is 13.6. The monoisotopic (exact) mass is 519 g/mol. The Hall–Kier alpha value is -4.16. The number of carbonyl (C=O) groups excluding carboxylic acids is 3. The number of nitrogens with one attached hydrogen (secondary N) is 2. The van der Waals surface area contributed by atoms with Gasteiger partial charge in [0.05, 0.1) is 0 Å². The number of benzene rings is 3. The molecule has 0 heterocycles. The number of nitrogens with zero attached hydrogens (tertiary/aromatic N) is 1. The molecule has 0 aliphatic rings. The van der Waals surface area contributed by atoms with E-state index in [-0.39, 0.29) is 17.1 Å². The number of fused-ring (bicyclic) bond motifs is 1. The molecule has 0 radical (unpaired) electrons. The number of phenolic OH excluding ortho intramolecular Hbond substituents is 1. The lowest BCUT2D eigenvalue weighted by molar-refractivity contribution is -0.136. The molecule has 0 spiro atoms. The van der Waals surface area contributed by atoms with Gasteiger partial charge in [-0.3, -0.25) is 14.5 Å². The quantitative estimate of drug-likeness (QED) is 0.209. The van der Waals surface area contributed by atoms with Crippen LogP contribution < -0.4 is 10.6 Å². The lowest BCUT2D eigenvalue weighted by atomic mass is 10.0. The number of hydrogen-bond acceptors (Lipinski definition) is 6. The van der Waals surface area contributed by atoms with Crippen LogP contribution in [0.4, 0.5) is 10.5 Å². The minimum absolute atomic E-state index is 0.113. The van der Waals surface area contributed by atoms with E-state index < -0.39 is 35.6 Å². The summed E-state index contributed by atoms with van der Waals surface area (Å²) < 4.78 is 5.23. The van der Waals surface area contributed by atoms with Crippen LogP contribution in [0.3, 0.4) is 0 Å². The fourth-order valence-electron chi connectivity index (χ4n) is 3.66. The molecule has 0 aliphatic carbocycles. The van der Waals surface area contributed by atoms with E-state index in [1.807, 2.05) is 30.3 Å². The maximum Gasteiger partial charge on any atom is 0.408 e. The topological polar surface area (TPSA) is 108 Å². The van der Waals surface area contributed by atoms with Crippen molar-refractivity contribution in [3.8, 4) is 18.2 Å². The molecule has 3 rings (SSSR count). The normalized spacial score (nSPS) is 12.6. The number of alkyl carbamates (subject to hydrolysis) is 1. The summed E-state index contributed by atoms with van der Waals surface area (Å²) in [6.45, 7) is 5.05. The number of ether oxygens (including phenoxy) is 1. The standard InChI is InChI=1S/C28H29N3O5S/c1-5-31(26(34)22(17-37)30-27(35)36-28(2,3)4)24(21-12-8-9-13-23(21)32)25(33)29-20-15-14-18-10-6-7-11-19(18)16-20/h1,6-16,22,24,32,37H,17H2,2-4H3,(H,29,33)(H,30,35). The summed E-state index contributed by atoms with van der Waals surface area (Å²) in [6, 6.07) is 18.7. The Labute approximate surface area is 221 Å². The van der Waals surface area contributed by atoms with Gasteiger partial charge in [-0.2, -0.15) is 12.6 Å². The number of carbonyl (C=O) groups is 3. The third-order valence-electron chi connectivity index (χ3n) is 5.30. The van der Waals surface area contributed by atoms with Crippen LogP contribution in [0.2, 0.25) is 0 Å². The van der Waals surface area contributed by atoms with Crippen LogP contribution in [0.25, 0.3) is 10.8 Å². The van der Waals surface area contributed by atoms with Crippen molar-refractivity contribution in [3.63, 3.8) is 0 Å². The highest BCUT2D eigenvalue weighted by Gasteiger charge is 2.36. The van der Waals surface area contributed by atoms with Crippen molar-refractivity contribution < 1.29 is 24.2 Å². The average Bonchev–Trinajstić information content (AvgIpc) is 2.84. The fraction of sp³-hybridized carbons (Fsp3) is 0.250. The van der Waals surface area contributed by atoms with E-state index in [0.29, 0.717) is 5.69 Å². The van der Waals surface area contributed by atoms with Crippen LogP contribution in [-0.4, -0.2) is 45.3 Å². The number of amides is 3. The van der Waals surface area contributed by atoms with Gasteiger partial charge in [0.15, 0.2) is 6.04 Å². The molecule has 9 heteroatoms. The van der Waals surface area contributed by atoms with E-state index >= 15 is 0 Å². The molecule has 0 saturated carbocycles. The van der Waals surface area contributed by atoms with Crippen LogP contribution in [-0.2, 0) is 14.3 Å². The van der Waals surface area contributed by atoms with Crippen molar-refractivity contribution in [3.05, 3.63) is 72.3 Å². The predicted octanol–water partition coefficient (Wildman–Crippen LogP) is 4.47. The van der Waals surface area contributed by atoms with Crippen molar-refractivity contribution in [2.45, 2.75) is 38.5 Å². The molecule has 0 aromatic heterocycles. The number of aromatic hydroxyl groups is 1. The van der Waals surface area contributed by atoms with Gasteiger partial charge in [0.1, 0.15) is 17.4 Å². The van der Waals surface area contributed by atoms with Gasteiger partial charge >= 0.3 is 6.09 Å². The molecule has 2 unspecified atom stereocenters. The molecule has 2 atom stereocenters. The first-order valence-corrected chi connectivity index (χ1v) is 12.1. The Bertz CT molecular complexity index is 1350. The zero-order valence-electron chi connectivity index (χ0n) is 20.8. The zero-order chi connectivity index (χ0) is 27.2. The van der Waals surface area contributed by atoms with Gasteiger partial charge in [0, 0.05) is 23.0 Å². The molecule has 8 nitrogen and oxygen atoms in total. The van der Waals surface area contributed by atoms with Gasteiger partial charge < -0.3 is 20.5 Å². The number of phenols is 1. The van der Waals surface area contributed by atoms with E-state index in [4.69, 9.17) is 11.2 Å². The minimum Gasteiger partial charge on any atom is -0.508 e. The van der Waals surface area contributed by atoms with E-state index in [1.165, 1.54) is 12.1 Å². The third-order valence-corrected chi connectivity index (χ3v) is 5.67. The second-order valence-electron chi connectivity index (χ2n) is 9.23. The van der Waals surface area contributed by atoms with Crippen LogP contribution in [0, 0.1) is 12.5 Å². The lowest BCUT2D eigenvalue weighted by Crippen LogP contribution is -2.51. The SMILES string of the molecule is C#CN(C(=O)C(CS)NC(=O)OC(C)(C)C)C(C(=O)Nc1ccc2ccccc2c1)c1ccccc1O. The number of terminal acetylenes is 1. The highest BCUT2D eigenvalue weighted by Crippen LogP contribution is 2.31. The fourth-order valence-corrected chi connectivity index (χ4v) is 3.91. The highest BCUT2D eigenvalue weighted by atomic mass is 32.1. The maximum atomic E-state index is 13.6. The Morgan fingerprint density at radius 2 is 1.70 bits per heavy atom. The van der Waals surface area contributed by atoms with Crippen LogP contribution in [0.5, 0.6) is 5.75 Å². The van der Waals surface area contributed by atoms with Crippen molar-refractivity contribution in [2.24, 2.45) is 0 Å². The number of para-hydroxylation sites is 1. The summed E-state index contributed by atoms with van der Waals surface area (Å²) >= 11 is 4.18. The molecule has 37 heavy (non-hydrogen) atoms.